The average molecular weight is 401 g/mol. The number of carbonyl (C=O) groups excluding carboxylic acids is 1. The van der Waals surface area contributed by atoms with Crippen molar-refractivity contribution in [2.45, 2.75) is 45.8 Å². The standard InChI is InChI=1S/C23H32N2O4/c1-16-13-20(21(27)15-24-10-8-19(26)9-11-24)17(2)25(16)12-7-18-5-6-22(28-3)23(14-18)29-4/h5-6,13-14,19,26H,7-12,15H2,1-4H3. The molecule has 1 aliphatic rings. The molecular formula is C23H32N2O4. The Morgan fingerprint density at radius 3 is 2.45 bits per heavy atom. The number of ketones is 1. The van der Waals surface area contributed by atoms with E-state index in [9.17, 15) is 9.90 Å². The highest BCUT2D eigenvalue weighted by Crippen LogP contribution is 2.28. The molecule has 0 spiro atoms. The number of hydrogen-bond acceptors (Lipinski definition) is 5. The molecule has 6 nitrogen and oxygen atoms in total. The number of methoxy groups -OCH3 is 2. The number of aryl methyl sites for hydroxylation is 2. The van der Waals surface area contributed by atoms with E-state index in [0.29, 0.717) is 6.54 Å². The molecule has 0 unspecified atom stereocenters. The number of rotatable bonds is 8. The number of likely N-dealkylation sites (tertiary alicyclic amines) is 1. The lowest BCUT2D eigenvalue weighted by Gasteiger charge is -2.28. The molecule has 0 atom stereocenters. The van der Waals surface area contributed by atoms with Gasteiger partial charge in [0.2, 0.25) is 0 Å². The Kier molecular flexibility index (Phi) is 6.98. The van der Waals surface area contributed by atoms with Crippen molar-refractivity contribution in [3.63, 3.8) is 0 Å². The minimum atomic E-state index is -0.219. The van der Waals surface area contributed by atoms with Crippen molar-refractivity contribution in [1.29, 1.82) is 0 Å². The molecule has 2 aromatic rings. The van der Waals surface area contributed by atoms with E-state index in [0.717, 1.165) is 72.9 Å². The second kappa shape index (κ2) is 9.46. The normalized spacial score (nSPS) is 15.5. The first-order valence-corrected chi connectivity index (χ1v) is 10.2. The third-order valence-corrected chi connectivity index (χ3v) is 5.87. The number of ether oxygens (including phenoxy) is 2. The van der Waals surface area contributed by atoms with Crippen molar-refractivity contribution in [1.82, 2.24) is 9.47 Å². The first kappa shape index (κ1) is 21.4. The van der Waals surface area contributed by atoms with Gasteiger partial charge in [-0.1, -0.05) is 6.07 Å². The molecule has 0 amide bonds. The van der Waals surface area contributed by atoms with Gasteiger partial charge in [0.25, 0.3) is 0 Å². The Morgan fingerprint density at radius 2 is 1.79 bits per heavy atom. The Labute approximate surface area is 173 Å². The number of aromatic nitrogens is 1. The molecule has 3 rings (SSSR count). The van der Waals surface area contributed by atoms with E-state index in [1.54, 1.807) is 14.2 Å². The van der Waals surface area contributed by atoms with Crippen LogP contribution in [0.2, 0.25) is 0 Å². The Bertz CT molecular complexity index is 851. The van der Waals surface area contributed by atoms with Crippen LogP contribution in [-0.4, -0.2) is 60.3 Å². The van der Waals surface area contributed by atoms with E-state index in [2.05, 4.69) is 16.4 Å². The lowest BCUT2D eigenvalue weighted by Crippen LogP contribution is -2.39. The summed E-state index contributed by atoms with van der Waals surface area (Å²) in [6.07, 6.45) is 2.12. The van der Waals surface area contributed by atoms with Gasteiger partial charge in [-0.05, 0) is 56.9 Å². The second-order valence-electron chi connectivity index (χ2n) is 7.81. The number of nitrogens with zero attached hydrogens (tertiary/aromatic N) is 2. The van der Waals surface area contributed by atoms with Gasteiger partial charge in [-0.2, -0.15) is 0 Å². The van der Waals surface area contributed by atoms with Crippen LogP contribution in [0.1, 0.15) is 40.2 Å². The molecule has 29 heavy (non-hydrogen) atoms. The van der Waals surface area contributed by atoms with Crippen LogP contribution in [0.5, 0.6) is 11.5 Å². The topological polar surface area (TPSA) is 63.9 Å². The summed E-state index contributed by atoms with van der Waals surface area (Å²) in [5, 5.41) is 9.65. The molecule has 1 saturated heterocycles. The Morgan fingerprint density at radius 1 is 1.10 bits per heavy atom. The Hall–Kier alpha value is -2.31. The molecule has 6 heteroatoms. The molecule has 0 radical (unpaired) electrons. The van der Waals surface area contributed by atoms with Crippen molar-refractivity contribution in [3.05, 3.63) is 46.8 Å². The maximum Gasteiger partial charge on any atom is 0.178 e. The molecule has 1 aliphatic heterocycles. The summed E-state index contributed by atoms with van der Waals surface area (Å²) in [6, 6.07) is 7.98. The van der Waals surface area contributed by atoms with Crippen molar-refractivity contribution < 1.29 is 19.4 Å². The summed E-state index contributed by atoms with van der Waals surface area (Å²) in [5.41, 5.74) is 4.08. The monoisotopic (exact) mass is 400 g/mol. The van der Waals surface area contributed by atoms with Crippen LogP contribution in [0.25, 0.3) is 0 Å². The molecule has 1 N–H and O–H groups in total. The number of aliphatic hydroxyl groups is 1. The highest BCUT2D eigenvalue weighted by molar-refractivity contribution is 5.99. The van der Waals surface area contributed by atoms with Crippen molar-refractivity contribution >= 4 is 5.78 Å². The summed E-state index contributed by atoms with van der Waals surface area (Å²) in [5.74, 6) is 1.61. The average Bonchev–Trinajstić information content (AvgIpc) is 3.01. The fraction of sp³-hybridized carbons (Fsp3) is 0.522. The van der Waals surface area contributed by atoms with Crippen LogP contribution in [-0.2, 0) is 13.0 Å². The van der Waals surface area contributed by atoms with Gasteiger partial charge in [0.05, 0.1) is 26.9 Å². The maximum absolute atomic E-state index is 12.9. The molecule has 0 saturated carbocycles. The van der Waals surface area contributed by atoms with Gasteiger partial charge in [0, 0.05) is 36.6 Å². The van der Waals surface area contributed by atoms with Crippen molar-refractivity contribution in [2.75, 3.05) is 33.9 Å². The maximum atomic E-state index is 12.9. The zero-order valence-electron chi connectivity index (χ0n) is 17.9. The number of Topliss-reactive ketones (excluding diaryl/α,β-unsaturated/α-hetero) is 1. The summed E-state index contributed by atoms with van der Waals surface area (Å²) < 4.78 is 12.9. The van der Waals surface area contributed by atoms with Gasteiger partial charge >= 0.3 is 0 Å². The van der Waals surface area contributed by atoms with Gasteiger partial charge < -0.3 is 19.1 Å². The lowest BCUT2D eigenvalue weighted by atomic mass is 10.1. The molecule has 0 bridgehead atoms. The van der Waals surface area contributed by atoms with E-state index in [-0.39, 0.29) is 11.9 Å². The van der Waals surface area contributed by atoms with E-state index < -0.39 is 0 Å². The van der Waals surface area contributed by atoms with Gasteiger partial charge in [-0.15, -0.1) is 0 Å². The molecule has 1 fully saturated rings. The highest BCUT2D eigenvalue weighted by atomic mass is 16.5. The van der Waals surface area contributed by atoms with Gasteiger partial charge in [-0.25, -0.2) is 0 Å². The van der Waals surface area contributed by atoms with Crippen LogP contribution in [0, 0.1) is 13.8 Å². The summed E-state index contributed by atoms with van der Waals surface area (Å²) >= 11 is 0. The second-order valence-corrected chi connectivity index (χ2v) is 7.81. The Balaban J connectivity index is 1.67. The number of benzene rings is 1. The predicted molar refractivity (Wildman–Crippen MR) is 113 cm³/mol. The van der Waals surface area contributed by atoms with E-state index in [4.69, 9.17) is 9.47 Å². The van der Waals surface area contributed by atoms with Gasteiger partial charge in [0.1, 0.15) is 0 Å². The van der Waals surface area contributed by atoms with E-state index >= 15 is 0 Å². The zero-order valence-corrected chi connectivity index (χ0v) is 17.9. The quantitative estimate of drug-likeness (QED) is 0.690. The third-order valence-electron chi connectivity index (χ3n) is 5.87. The van der Waals surface area contributed by atoms with Gasteiger partial charge in [0.15, 0.2) is 17.3 Å². The summed E-state index contributed by atoms with van der Waals surface area (Å²) in [7, 11) is 3.28. The summed E-state index contributed by atoms with van der Waals surface area (Å²) in [4.78, 5) is 15.0. The SMILES string of the molecule is COc1ccc(CCn2c(C)cc(C(=O)CN3CCC(O)CC3)c2C)cc1OC. The van der Waals surface area contributed by atoms with Crippen LogP contribution < -0.4 is 9.47 Å². The first-order chi connectivity index (χ1) is 13.9. The van der Waals surface area contributed by atoms with Gasteiger partial charge in [-0.3, -0.25) is 9.69 Å². The summed E-state index contributed by atoms with van der Waals surface area (Å²) in [6.45, 7) is 6.86. The molecule has 1 aromatic carbocycles. The first-order valence-electron chi connectivity index (χ1n) is 10.2. The largest absolute Gasteiger partial charge is 0.493 e. The minimum absolute atomic E-state index is 0.159. The molecule has 158 valence electrons. The fourth-order valence-electron chi connectivity index (χ4n) is 4.07. The predicted octanol–water partition coefficient (Wildman–Crippen LogP) is 3.00. The number of hydrogen-bond donors (Lipinski definition) is 1. The lowest BCUT2D eigenvalue weighted by molar-refractivity contribution is 0.0710. The zero-order chi connectivity index (χ0) is 21.0. The van der Waals surface area contributed by atoms with E-state index in [1.807, 2.05) is 31.2 Å². The highest BCUT2D eigenvalue weighted by Gasteiger charge is 2.22. The van der Waals surface area contributed by atoms with Crippen LogP contribution >= 0.6 is 0 Å². The minimum Gasteiger partial charge on any atom is -0.493 e. The van der Waals surface area contributed by atoms with Crippen LogP contribution in [0.3, 0.4) is 0 Å². The molecular weight excluding hydrogens is 368 g/mol. The van der Waals surface area contributed by atoms with Crippen LogP contribution in [0.15, 0.2) is 24.3 Å². The number of carbonyl (C=O) groups is 1. The van der Waals surface area contributed by atoms with Crippen molar-refractivity contribution in [2.24, 2.45) is 0 Å². The fourth-order valence-corrected chi connectivity index (χ4v) is 4.07. The number of piperidine rings is 1. The molecule has 1 aromatic heterocycles. The third kappa shape index (κ3) is 5.00. The smallest absolute Gasteiger partial charge is 0.178 e. The van der Waals surface area contributed by atoms with E-state index in [1.165, 1.54) is 0 Å². The van der Waals surface area contributed by atoms with Crippen LogP contribution in [0.4, 0.5) is 0 Å². The number of aliphatic hydroxyl groups excluding tert-OH is 1. The molecule has 0 aliphatic carbocycles. The van der Waals surface area contributed by atoms with Crippen molar-refractivity contribution in [3.8, 4) is 11.5 Å². The molecule has 2 heterocycles.